The molecule has 0 atom stereocenters. The van der Waals surface area contributed by atoms with E-state index in [-0.39, 0.29) is 0 Å². The highest BCUT2D eigenvalue weighted by Crippen LogP contribution is 2.27. The van der Waals surface area contributed by atoms with Gasteiger partial charge in [-0.05, 0) is 41.0 Å². The Hall–Kier alpha value is -3.07. The fourth-order valence-corrected chi connectivity index (χ4v) is 2.65. The van der Waals surface area contributed by atoms with Gasteiger partial charge in [0.2, 0.25) is 0 Å². The smallest absolute Gasteiger partial charge is 0.0645 e. The lowest BCUT2D eigenvalue weighted by atomic mass is 10.0. The van der Waals surface area contributed by atoms with Crippen LogP contribution in [0, 0.1) is 0 Å². The zero-order valence-corrected chi connectivity index (χ0v) is 12.0. The number of nitrogens with one attached hydrogen (secondary N) is 1. The van der Waals surface area contributed by atoms with E-state index in [9.17, 15) is 0 Å². The van der Waals surface area contributed by atoms with Gasteiger partial charge in [-0.15, -0.1) is 0 Å². The van der Waals surface area contributed by atoms with Gasteiger partial charge in [0.05, 0.1) is 11.7 Å². The minimum absolute atomic E-state index is 0.784. The number of fused-ring (bicyclic) bond motifs is 1. The van der Waals surface area contributed by atoms with Gasteiger partial charge in [-0.2, -0.15) is 0 Å². The van der Waals surface area contributed by atoms with Crippen molar-refractivity contribution in [2.75, 3.05) is 5.73 Å². The third-order valence-electron chi connectivity index (χ3n) is 3.86. The summed E-state index contributed by atoms with van der Waals surface area (Å²) in [7, 11) is 0. The Labute approximate surface area is 128 Å². The summed E-state index contributed by atoms with van der Waals surface area (Å²) >= 11 is 0. The number of hydrogen-bond acceptors (Lipinski definition) is 2. The zero-order valence-electron chi connectivity index (χ0n) is 12.0. The molecule has 3 N–H and O–H groups in total. The molecule has 0 unspecified atom stereocenters. The van der Waals surface area contributed by atoms with E-state index in [0.717, 1.165) is 22.5 Å². The first-order valence-electron chi connectivity index (χ1n) is 7.19. The second-order valence-corrected chi connectivity index (χ2v) is 5.35. The van der Waals surface area contributed by atoms with Crippen LogP contribution < -0.4 is 5.73 Å². The van der Waals surface area contributed by atoms with E-state index in [1.54, 1.807) is 0 Å². The van der Waals surface area contributed by atoms with E-state index < -0.39 is 0 Å². The van der Waals surface area contributed by atoms with E-state index in [0.29, 0.717) is 0 Å². The standard InChI is InChI=1S/C19H15N3/c20-17-7-5-14(6-8-17)13-1-3-15(4-2-13)18-11-16-9-10-21-12-19(16)22-18/h1-12,22H,20H2. The Morgan fingerprint density at radius 2 is 1.41 bits per heavy atom. The first kappa shape index (κ1) is 12.7. The summed E-state index contributed by atoms with van der Waals surface area (Å²) in [5.41, 5.74) is 12.2. The molecule has 2 heterocycles. The van der Waals surface area contributed by atoms with Crippen molar-refractivity contribution < 1.29 is 0 Å². The van der Waals surface area contributed by atoms with Crippen molar-refractivity contribution in [3.63, 3.8) is 0 Å². The highest BCUT2D eigenvalue weighted by Gasteiger charge is 2.04. The van der Waals surface area contributed by atoms with Crippen LogP contribution in [0.1, 0.15) is 0 Å². The molecule has 3 nitrogen and oxygen atoms in total. The molecule has 0 aliphatic rings. The second-order valence-electron chi connectivity index (χ2n) is 5.35. The van der Waals surface area contributed by atoms with E-state index in [4.69, 9.17) is 5.73 Å². The number of benzene rings is 2. The third-order valence-corrected chi connectivity index (χ3v) is 3.86. The number of anilines is 1. The molecule has 2 aromatic carbocycles. The minimum Gasteiger partial charge on any atom is -0.399 e. The molecule has 0 saturated heterocycles. The van der Waals surface area contributed by atoms with E-state index >= 15 is 0 Å². The van der Waals surface area contributed by atoms with Gasteiger partial charge in [-0.1, -0.05) is 36.4 Å². The molecule has 22 heavy (non-hydrogen) atoms. The van der Waals surface area contributed by atoms with E-state index in [1.807, 2.05) is 42.7 Å². The third kappa shape index (κ3) is 2.23. The van der Waals surface area contributed by atoms with Crippen LogP contribution in [-0.2, 0) is 0 Å². The van der Waals surface area contributed by atoms with Gasteiger partial charge >= 0.3 is 0 Å². The van der Waals surface area contributed by atoms with Crippen LogP contribution in [0.15, 0.2) is 73.1 Å². The van der Waals surface area contributed by atoms with Crippen LogP contribution in [0.4, 0.5) is 5.69 Å². The number of nitrogen functional groups attached to an aromatic ring is 1. The van der Waals surface area contributed by atoms with E-state index in [2.05, 4.69) is 40.3 Å². The van der Waals surface area contributed by atoms with Crippen LogP contribution in [0.3, 0.4) is 0 Å². The summed E-state index contributed by atoms with van der Waals surface area (Å²) < 4.78 is 0. The normalized spacial score (nSPS) is 10.9. The van der Waals surface area contributed by atoms with Crippen LogP contribution in [0.5, 0.6) is 0 Å². The highest BCUT2D eigenvalue weighted by atomic mass is 14.7. The largest absolute Gasteiger partial charge is 0.399 e. The molecule has 0 amide bonds. The zero-order chi connectivity index (χ0) is 14.9. The van der Waals surface area contributed by atoms with Gasteiger partial charge in [-0.3, -0.25) is 4.98 Å². The van der Waals surface area contributed by atoms with Gasteiger partial charge in [0, 0.05) is 23.0 Å². The minimum atomic E-state index is 0.784. The van der Waals surface area contributed by atoms with Gasteiger partial charge in [0.1, 0.15) is 0 Å². The molecule has 106 valence electrons. The van der Waals surface area contributed by atoms with Crippen molar-refractivity contribution in [1.29, 1.82) is 0 Å². The lowest BCUT2D eigenvalue weighted by Crippen LogP contribution is -1.84. The Morgan fingerprint density at radius 3 is 2.09 bits per heavy atom. The van der Waals surface area contributed by atoms with Crippen molar-refractivity contribution in [2.45, 2.75) is 0 Å². The van der Waals surface area contributed by atoms with Crippen molar-refractivity contribution in [3.05, 3.63) is 73.1 Å². The second kappa shape index (κ2) is 5.04. The van der Waals surface area contributed by atoms with Crippen molar-refractivity contribution in [1.82, 2.24) is 9.97 Å². The topological polar surface area (TPSA) is 54.7 Å². The van der Waals surface area contributed by atoms with Gasteiger partial charge in [-0.25, -0.2) is 0 Å². The van der Waals surface area contributed by atoms with Gasteiger partial charge in [0.15, 0.2) is 0 Å². The maximum absolute atomic E-state index is 5.73. The average Bonchev–Trinajstić information content (AvgIpc) is 3.00. The molecule has 0 aliphatic heterocycles. The monoisotopic (exact) mass is 285 g/mol. The molecular weight excluding hydrogens is 270 g/mol. The van der Waals surface area contributed by atoms with Crippen LogP contribution in [-0.4, -0.2) is 9.97 Å². The van der Waals surface area contributed by atoms with Gasteiger partial charge < -0.3 is 10.7 Å². The van der Waals surface area contributed by atoms with Crippen molar-refractivity contribution in [2.24, 2.45) is 0 Å². The number of hydrogen-bond donors (Lipinski definition) is 2. The Balaban J connectivity index is 1.70. The van der Waals surface area contributed by atoms with Crippen molar-refractivity contribution in [3.8, 4) is 22.4 Å². The molecule has 4 rings (SSSR count). The lowest BCUT2D eigenvalue weighted by molar-refractivity contribution is 1.34. The average molecular weight is 285 g/mol. The summed E-state index contributed by atoms with van der Waals surface area (Å²) in [6.45, 7) is 0. The molecule has 2 aromatic heterocycles. The number of nitrogens with two attached hydrogens (primary N) is 1. The molecule has 0 spiro atoms. The Bertz CT molecular complexity index is 886. The molecule has 0 saturated carbocycles. The quantitative estimate of drug-likeness (QED) is 0.533. The van der Waals surface area contributed by atoms with E-state index in [1.165, 1.54) is 16.5 Å². The fraction of sp³-hybridized carbons (Fsp3) is 0. The van der Waals surface area contributed by atoms with Crippen LogP contribution in [0.25, 0.3) is 33.3 Å². The maximum atomic E-state index is 5.73. The molecule has 3 heteroatoms. The molecule has 4 aromatic rings. The highest BCUT2D eigenvalue weighted by molar-refractivity contribution is 5.85. The van der Waals surface area contributed by atoms with Crippen LogP contribution in [0.2, 0.25) is 0 Å². The molecule has 0 bridgehead atoms. The predicted octanol–water partition coefficient (Wildman–Crippen LogP) is 4.48. The summed E-state index contributed by atoms with van der Waals surface area (Å²) in [5, 5.41) is 1.17. The first-order chi connectivity index (χ1) is 10.8. The van der Waals surface area contributed by atoms with Crippen LogP contribution >= 0.6 is 0 Å². The summed E-state index contributed by atoms with van der Waals surface area (Å²) in [6.07, 6.45) is 3.66. The molecule has 0 radical (unpaired) electrons. The predicted molar refractivity (Wildman–Crippen MR) is 91.4 cm³/mol. The lowest BCUT2D eigenvalue weighted by Gasteiger charge is -2.04. The summed E-state index contributed by atoms with van der Waals surface area (Å²) in [6, 6.07) is 20.6. The summed E-state index contributed by atoms with van der Waals surface area (Å²) in [4.78, 5) is 7.54. The Morgan fingerprint density at radius 1 is 0.773 bits per heavy atom. The molecule has 0 fully saturated rings. The molecule has 0 aliphatic carbocycles. The van der Waals surface area contributed by atoms with Crippen molar-refractivity contribution >= 4 is 16.6 Å². The Kier molecular flexibility index (Phi) is 2.90. The maximum Gasteiger partial charge on any atom is 0.0645 e. The number of pyridine rings is 1. The first-order valence-corrected chi connectivity index (χ1v) is 7.19. The number of rotatable bonds is 2. The fourth-order valence-electron chi connectivity index (χ4n) is 2.65. The number of nitrogens with zero attached hydrogens (tertiary/aromatic N) is 1. The number of aromatic nitrogens is 2. The number of H-pyrrole nitrogens is 1. The number of aromatic amines is 1. The van der Waals surface area contributed by atoms with Gasteiger partial charge in [0.25, 0.3) is 0 Å². The SMILES string of the molecule is Nc1ccc(-c2ccc(-c3cc4ccncc4[nH]3)cc2)cc1. The molecular formula is C19H15N3. The summed E-state index contributed by atoms with van der Waals surface area (Å²) in [5.74, 6) is 0.